The van der Waals surface area contributed by atoms with Crippen molar-refractivity contribution < 1.29 is 137 Å². The monoisotopic (exact) mass is 972 g/mol. The van der Waals surface area contributed by atoms with Crippen molar-refractivity contribution in [3.8, 4) is 0 Å². The molecule has 4 heterocycles. The molecule has 4 aliphatic heterocycles. The summed E-state index contributed by atoms with van der Waals surface area (Å²) in [5.41, 5.74) is 0. The second kappa shape index (κ2) is 22.0. The van der Waals surface area contributed by atoms with Gasteiger partial charge in [0.1, 0.15) is 97.5 Å². The van der Waals surface area contributed by atoms with Crippen molar-refractivity contribution in [2.45, 2.75) is 137 Å². The minimum atomic E-state index is -5.59. The van der Waals surface area contributed by atoms with Crippen molar-refractivity contribution in [1.82, 2.24) is 10.6 Å². The number of amides is 2. The highest BCUT2D eigenvalue weighted by atomic mass is 32.3. The first kappa shape index (κ1) is 53.4. The fourth-order valence-electron chi connectivity index (χ4n) is 6.84. The largest absolute Gasteiger partial charge is 0.726 e. The van der Waals surface area contributed by atoms with E-state index in [0.717, 1.165) is 13.8 Å². The van der Waals surface area contributed by atoms with E-state index < -0.39 is 180 Å². The highest BCUT2D eigenvalue weighted by Crippen LogP contribution is 2.35. The number of carboxylic acid groups (broad SMARTS) is 2. The maximum Gasteiger partial charge on any atom is 0.217 e. The van der Waals surface area contributed by atoms with E-state index in [9.17, 15) is 91.1 Å². The molecule has 20 atom stereocenters. The summed E-state index contributed by atoms with van der Waals surface area (Å²) in [5.74, 6) is -6.31. The zero-order valence-corrected chi connectivity index (χ0v) is 34.5. The van der Waals surface area contributed by atoms with Crippen LogP contribution in [0, 0.1) is 0 Å². The van der Waals surface area contributed by atoms with Gasteiger partial charge in [-0.05, 0) is 0 Å². The molecule has 4 aliphatic rings. The maximum atomic E-state index is 12.6. The second-order valence-electron chi connectivity index (χ2n) is 14.3. The van der Waals surface area contributed by atoms with Crippen molar-refractivity contribution in [1.29, 1.82) is 0 Å². The number of carboxylic acids is 2. The molecular weight excluding hydrogens is 928 g/mol. The minimum Gasteiger partial charge on any atom is -0.726 e. The summed E-state index contributed by atoms with van der Waals surface area (Å²) in [6.07, 6.45) is -40.0. The zero-order chi connectivity index (χ0) is 48.2. The third-order valence-electron chi connectivity index (χ3n) is 9.67. The Kier molecular flexibility index (Phi) is 18.4. The molecule has 0 radical (unpaired) electrons. The molecule has 4 rings (SSSR count). The lowest BCUT2D eigenvalue weighted by atomic mass is 9.94. The Labute approximate surface area is 361 Å². The number of rotatable bonds is 19. The Morgan fingerprint density at radius 1 is 0.578 bits per heavy atom. The number of ether oxygens (including phenoxy) is 8. The van der Waals surface area contributed by atoms with Gasteiger partial charge in [-0.1, -0.05) is 6.08 Å². The molecule has 0 aliphatic carbocycles. The summed E-state index contributed by atoms with van der Waals surface area (Å²) >= 11 is 0. The molecule has 4 fully saturated rings. The van der Waals surface area contributed by atoms with Crippen LogP contribution in [0.3, 0.4) is 0 Å². The van der Waals surface area contributed by atoms with E-state index in [0.29, 0.717) is 0 Å². The van der Waals surface area contributed by atoms with Gasteiger partial charge in [0, 0.05) is 13.8 Å². The molecule has 31 nitrogen and oxygen atoms in total. The van der Waals surface area contributed by atoms with E-state index in [-0.39, 0.29) is 6.61 Å². The van der Waals surface area contributed by atoms with Crippen LogP contribution in [-0.4, -0.2) is 228 Å². The summed E-state index contributed by atoms with van der Waals surface area (Å²) in [6, 6.07) is -3.72. The Hall–Kier alpha value is -3.24. The summed E-state index contributed by atoms with van der Waals surface area (Å²) in [4.78, 5) is 48.9. The lowest BCUT2D eigenvalue weighted by Crippen LogP contribution is -2.71. The van der Waals surface area contributed by atoms with Crippen LogP contribution in [0.4, 0.5) is 0 Å². The number of aliphatic hydroxyl groups excluding tert-OH is 7. The quantitative estimate of drug-likeness (QED) is 0.0330. The predicted molar refractivity (Wildman–Crippen MR) is 184 cm³/mol. The third-order valence-corrected chi connectivity index (χ3v) is 10.5. The van der Waals surface area contributed by atoms with E-state index in [2.05, 4.69) is 25.6 Å². The van der Waals surface area contributed by atoms with Gasteiger partial charge in [-0.2, -0.15) is 0 Å². The summed E-state index contributed by atoms with van der Waals surface area (Å²) in [5, 5.41) is 105. The highest BCUT2D eigenvalue weighted by Gasteiger charge is 2.56. The second-order valence-corrected chi connectivity index (χ2v) is 16.4. The normalized spacial score (nSPS) is 40.8. The van der Waals surface area contributed by atoms with Crippen LogP contribution in [0.5, 0.6) is 0 Å². The van der Waals surface area contributed by atoms with Gasteiger partial charge >= 0.3 is 0 Å². The Bertz CT molecular complexity index is 1880. The first-order chi connectivity index (χ1) is 29.6. The zero-order valence-electron chi connectivity index (χ0n) is 32.9. The van der Waals surface area contributed by atoms with Gasteiger partial charge in [0.25, 0.3) is 0 Å². The van der Waals surface area contributed by atoms with E-state index >= 15 is 0 Å². The average Bonchev–Trinajstić information content (AvgIpc) is 3.18. The van der Waals surface area contributed by atoms with Gasteiger partial charge in [-0.3, -0.25) is 18.0 Å². The van der Waals surface area contributed by atoms with Crippen molar-refractivity contribution >= 4 is 44.6 Å². The summed E-state index contributed by atoms with van der Waals surface area (Å²) in [7, 11) is -11.0. The van der Waals surface area contributed by atoms with Gasteiger partial charge in [0.15, 0.2) is 25.2 Å². The standard InChI is InChI=1S/C31H48N2O29S2/c1-4-5-53-28-12(32-8(2)34)21(14(36)10(56-28)6-54-63(47,48)49)58-31-20(42)18(40)23(25(62-31)27(45)46)60-29-13(33-9(3)35)22(15(37)11(57-29)7-55-64(50,51)52)59-30-19(41)16(38)17(39)24(61-30)26(43)44/h4,10-25,28-31,36-42H,1,5-7H2,2-3H3,(H,32,34)(H,33,35)(H,43,44)(H,45,46)(H,47,48,49)(H,50,51,52)/p-4/t10?,11?,12?,13?,14-,15-,16-,17-,18+,19?,20?,21+,22+,23-,24?,25?,28+,29-,30+,31+/m0/s1. The highest BCUT2D eigenvalue weighted by molar-refractivity contribution is 7.81. The van der Waals surface area contributed by atoms with Crippen LogP contribution in [0.25, 0.3) is 0 Å². The van der Waals surface area contributed by atoms with Gasteiger partial charge < -0.3 is 113 Å². The molecule has 9 N–H and O–H groups in total. The third kappa shape index (κ3) is 13.4. The fourth-order valence-corrected chi connectivity index (χ4v) is 7.44. The molecule has 0 aromatic carbocycles. The number of carbonyl (C=O) groups is 4. The van der Waals surface area contributed by atoms with Crippen molar-refractivity contribution in [2.75, 3.05) is 19.8 Å². The Morgan fingerprint density at radius 3 is 1.41 bits per heavy atom. The van der Waals surface area contributed by atoms with E-state index in [1.165, 1.54) is 6.08 Å². The molecule has 0 bridgehead atoms. The molecule has 0 aromatic heterocycles. The van der Waals surface area contributed by atoms with Crippen LogP contribution in [0.15, 0.2) is 12.7 Å². The van der Waals surface area contributed by atoms with Crippen molar-refractivity contribution in [2.24, 2.45) is 0 Å². The van der Waals surface area contributed by atoms with E-state index in [1.54, 1.807) is 0 Å². The molecule has 8 unspecified atom stereocenters. The molecule has 0 aromatic rings. The fraction of sp³-hybridized carbons (Fsp3) is 0.806. The molecule has 64 heavy (non-hydrogen) atoms. The number of hydrogen-bond acceptors (Lipinski definition) is 29. The van der Waals surface area contributed by atoms with Crippen LogP contribution < -0.4 is 20.8 Å². The summed E-state index contributed by atoms with van der Waals surface area (Å²) in [6.45, 7) is 2.30. The van der Waals surface area contributed by atoms with Gasteiger partial charge in [-0.15, -0.1) is 6.58 Å². The minimum absolute atomic E-state index is 0.338. The topological polar surface area (TPSA) is 487 Å². The number of aliphatic carboxylic acids is 2. The van der Waals surface area contributed by atoms with Crippen LogP contribution in [0.2, 0.25) is 0 Å². The molecule has 368 valence electrons. The first-order valence-electron chi connectivity index (χ1n) is 18.4. The van der Waals surface area contributed by atoms with E-state index in [4.69, 9.17) is 37.9 Å². The lowest BCUT2D eigenvalue weighted by molar-refractivity contribution is -0.386. The number of carbonyl (C=O) groups excluding carboxylic acids is 4. The molecule has 33 heteroatoms. The SMILES string of the molecule is C=CCO[C@@H]1OC(COS(=O)(=O)[O-])[C@H](O)[C@H](O[C@@H]2OC(C(=O)[O-])[C@@H](O[C@@H]3OC(COS(=O)(=O)[O-])[C@H](O)[C@H](O[C@@H]4OC(C(=O)[O-])[C@@H](O)[C@H](O)C4O)C3NC(C)=O)[C@H](O)C2O)C1NC(C)=O. The van der Waals surface area contributed by atoms with Gasteiger partial charge in [0.05, 0.1) is 31.8 Å². The lowest BCUT2D eigenvalue weighted by Gasteiger charge is -2.50. The number of nitrogens with one attached hydrogen (secondary N) is 2. The predicted octanol–water partition coefficient (Wildman–Crippen LogP) is -11.8. The number of aliphatic hydroxyl groups is 7. The smallest absolute Gasteiger partial charge is 0.217 e. The van der Waals surface area contributed by atoms with Crippen LogP contribution >= 0.6 is 0 Å². The average molecular weight is 973 g/mol. The van der Waals surface area contributed by atoms with Crippen LogP contribution in [0.1, 0.15) is 13.8 Å². The van der Waals surface area contributed by atoms with Crippen molar-refractivity contribution in [3.63, 3.8) is 0 Å². The van der Waals surface area contributed by atoms with Gasteiger partial charge in [-0.25, -0.2) is 16.8 Å². The molecular formula is C31H44N2O29S2-4. The van der Waals surface area contributed by atoms with Gasteiger partial charge in [0.2, 0.25) is 32.6 Å². The maximum absolute atomic E-state index is 12.6. The first-order valence-corrected chi connectivity index (χ1v) is 21.1. The molecule has 0 spiro atoms. The van der Waals surface area contributed by atoms with Crippen LogP contribution in [-0.2, 0) is 86.2 Å². The molecule has 2 amide bonds. The Morgan fingerprint density at radius 2 is 0.984 bits per heavy atom. The molecule has 0 saturated carbocycles. The number of hydrogen-bond donors (Lipinski definition) is 9. The van der Waals surface area contributed by atoms with E-state index in [1.807, 2.05) is 0 Å². The summed E-state index contributed by atoms with van der Waals surface area (Å²) < 4.78 is 120. The molecule has 4 saturated heterocycles. The Balaban J connectivity index is 1.70. The van der Waals surface area contributed by atoms with Crippen molar-refractivity contribution in [3.05, 3.63) is 12.7 Å².